The number of nitriles is 1. The molecule has 2 aliphatic rings. The van der Waals surface area contributed by atoms with Crippen LogP contribution in [-0.4, -0.2) is 18.0 Å². The molecule has 0 N–H and O–H groups in total. The van der Waals surface area contributed by atoms with Crippen LogP contribution in [0.3, 0.4) is 0 Å². The molecular formula is C20H22N2S. The summed E-state index contributed by atoms with van der Waals surface area (Å²) in [4.78, 5) is 4.20. The van der Waals surface area contributed by atoms with Gasteiger partial charge in [-0.25, -0.2) is 0 Å². The minimum absolute atomic E-state index is 0.761. The van der Waals surface area contributed by atoms with Gasteiger partial charge in [0.2, 0.25) is 0 Å². The molecule has 0 radical (unpaired) electrons. The van der Waals surface area contributed by atoms with E-state index in [9.17, 15) is 0 Å². The van der Waals surface area contributed by atoms with Crippen LogP contribution in [0, 0.1) is 11.3 Å². The summed E-state index contributed by atoms with van der Waals surface area (Å²) in [7, 11) is 0. The van der Waals surface area contributed by atoms with Crippen LogP contribution >= 0.6 is 11.3 Å². The fourth-order valence-electron chi connectivity index (χ4n) is 4.10. The lowest BCUT2D eigenvalue weighted by Gasteiger charge is -2.31. The second kappa shape index (κ2) is 6.47. The quantitative estimate of drug-likeness (QED) is 0.832. The van der Waals surface area contributed by atoms with Crippen molar-refractivity contribution in [2.24, 2.45) is 0 Å². The summed E-state index contributed by atoms with van der Waals surface area (Å²) in [6.07, 6.45) is 6.39. The molecule has 4 rings (SSSR count). The maximum absolute atomic E-state index is 9.09. The Balaban J connectivity index is 1.41. The normalized spacial score (nSPS) is 20.6. The van der Waals surface area contributed by atoms with E-state index in [1.807, 2.05) is 17.4 Å². The summed E-state index contributed by atoms with van der Waals surface area (Å²) >= 11 is 1.94. The maximum atomic E-state index is 9.09. The van der Waals surface area contributed by atoms with Gasteiger partial charge in [-0.2, -0.15) is 5.26 Å². The first-order valence-corrected chi connectivity index (χ1v) is 9.52. The summed E-state index contributed by atoms with van der Waals surface area (Å²) < 4.78 is 0. The number of hydrogen-bond donors (Lipinski definition) is 0. The van der Waals surface area contributed by atoms with Gasteiger partial charge in [0.05, 0.1) is 11.6 Å². The zero-order valence-electron chi connectivity index (χ0n) is 13.4. The van der Waals surface area contributed by atoms with Crippen molar-refractivity contribution in [1.29, 1.82) is 5.26 Å². The molecule has 118 valence electrons. The van der Waals surface area contributed by atoms with Gasteiger partial charge in [0.15, 0.2) is 0 Å². The lowest BCUT2D eigenvalue weighted by atomic mass is 9.85. The molecule has 2 heterocycles. The molecular weight excluding hydrogens is 300 g/mol. The van der Waals surface area contributed by atoms with Crippen LogP contribution in [0.25, 0.3) is 0 Å². The maximum Gasteiger partial charge on any atom is 0.0991 e. The van der Waals surface area contributed by atoms with Crippen LogP contribution in [0.1, 0.15) is 52.3 Å². The molecule has 0 saturated heterocycles. The first kappa shape index (κ1) is 14.9. The molecule has 0 fully saturated rings. The van der Waals surface area contributed by atoms with Crippen molar-refractivity contribution >= 4 is 11.3 Å². The minimum atomic E-state index is 0.761. The largest absolute Gasteiger partial charge is 0.299 e. The van der Waals surface area contributed by atoms with Gasteiger partial charge in [0.1, 0.15) is 0 Å². The van der Waals surface area contributed by atoms with Gasteiger partial charge in [-0.05, 0) is 84.8 Å². The summed E-state index contributed by atoms with van der Waals surface area (Å²) in [5.41, 5.74) is 5.21. The molecule has 3 heteroatoms. The van der Waals surface area contributed by atoms with Crippen LogP contribution in [0.15, 0.2) is 29.6 Å². The summed E-state index contributed by atoms with van der Waals surface area (Å²) in [6.45, 7) is 3.34. The highest BCUT2D eigenvalue weighted by atomic mass is 32.1. The number of nitrogens with zero attached hydrogens (tertiary/aromatic N) is 2. The molecule has 0 amide bonds. The molecule has 0 spiro atoms. The number of benzene rings is 1. The topological polar surface area (TPSA) is 27.0 Å². The van der Waals surface area contributed by atoms with Crippen LogP contribution < -0.4 is 0 Å². The summed E-state index contributed by atoms with van der Waals surface area (Å²) in [5.74, 6) is 0.761. The average molecular weight is 322 g/mol. The third kappa shape index (κ3) is 3.06. The Kier molecular flexibility index (Phi) is 4.20. The van der Waals surface area contributed by atoms with Crippen LogP contribution in [0.2, 0.25) is 0 Å². The van der Waals surface area contributed by atoms with Crippen molar-refractivity contribution in [2.75, 3.05) is 13.1 Å². The molecule has 2 nitrogen and oxygen atoms in total. The Bertz CT molecular complexity index is 740. The van der Waals surface area contributed by atoms with Crippen LogP contribution in [0.4, 0.5) is 0 Å². The smallest absolute Gasteiger partial charge is 0.0991 e. The number of aryl methyl sites for hydroxylation is 1. The van der Waals surface area contributed by atoms with Crippen molar-refractivity contribution in [3.05, 3.63) is 56.8 Å². The van der Waals surface area contributed by atoms with E-state index >= 15 is 0 Å². The first-order chi connectivity index (χ1) is 11.3. The van der Waals surface area contributed by atoms with Crippen LogP contribution in [0.5, 0.6) is 0 Å². The van der Waals surface area contributed by atoms with E-state index in [0.29, 0.717) is 0 Å². The average Bonchev–Trinajstić information content (AvgIpc) is 3.08. The van der Waals surface area contributed by atoms with E-state index in [1.54, 1.807) is 10.4 Å². The molecule has 1 aliphatic carbocycles. The molecule has 1 aromatic heterocycles. The molecule has 1 atom stereocenters. The SMILES string of the molecule is N#Cc1ccc2c(c1)CN(CCC1CCCc3sccc31)CC2. The Labute approximate surface area is 142 Å². The van der Waals surface area contributed by atoms with Gasteiger partial charge in [-0.3, -0.25) is 4.90 Å². The molecule has 2 aromatic rings. The van der Waals surface area contributed by atoms with Crippen molar-refractivity contribution < 1.29 is 0 Å². The fraction of sp³-hybridized carbons (Fsp3) is 0.450. The molecule has 1 unspecified atom stereocenters. The molecule has 1 aromatic carbocycles. The highest BCUT2D eigenvalue weighted by Crippen LogP contribution is 2.37. The minimum Gasteiger partial charge on any atom is -0.299 e. The van der Waals surface area contributed by atoms with Crippen molar-refractivity contribution in [2.45, 2.75) is 44.6 Å². The van der Waals surface area contributed by atoms with Gasteiger partial charge < -0.3 is 0 Å². The van der Waals surface area contributed by atoms with E-state index in [2.05, 4.69) is 34.5 Å². The van der Waals surface area contributed by atoms with Gasteiger partial charge >= 0.3 is 0 Å². The van der Waals surface area contributed by atoms with Crippen molar-refractivity contribution in [1.82, 2.24) is 4.90 Å². The lowest BCUT2D eigenvalue weighted by Crippen LogP contribution is -2.32. The highest BCUT2D eigenvalue weighted by Gasteiger charge is 2.23. The van der Waals surface area contributed by atoms with E-state index in [4.69, 9.17) is 5.26 Å². The van der Waals surface area contributed by atoms with E-state index in [1.165, 1.54) is 43.4 Å². The summed E-state index contributed by atoms with van der Waals surface area (Å²) in [6, 6.07) is 10.8. The van der Waals surface area contributed by atoms with Gasteiger partial charge in [0.25, 0.3) is 0 Å². The molecule has 0 bridgehead atoms. The molecule has 23 heavy (non-hydrogen) atoms. The van der Waals surface area contributed by atoms with Gasteiger partial charge in [-0.1, -0.05) is 6.07 Å². The monoisotopic (exact) mass is 322 g/mol. The predicted molar refractivity (Wildman–Crippen MR) is 94.8 cm³/mol. The predicted octanol–water partition coefficient (Wildman–Crippen LogP) is 4.49. The van der Waals surface area contributed by atoms with E-state index in [-0.39, 0.29) is 0 Å². The van der Waals surface area contributed by atoms with Crippen molar-refractivity contribution in [3.63, 3.8) is 0 Å². The highest BCUT2D eigenvalue weighted by molar-refractivity contribution is 7.10. The zero-order valence-corrected chi connectivity index (χ0v) is 14.2. The first-order valence-electron chi connectivity index (χ1n) is 8.64. The number of rotatable bonds is 3. The Morgan fingerprint density at radius 1 is 1.22 bits per heavy atom. The zero-order chi connectivity index (χ0) is 15.6. The second-order valence-corrected chi connectivity index (χ2v) is 7.80. The van der Waals surface area contributed by atoms with Gasteiger partial charge in [0, 0.05) is 18.0 Å². The number of thiophene rings is 1. The third-order valence-electron chi connectivity index (χ3n) is 5.40. The fourth-order valence-corrected chi connectivity index (χ4v) is 5.11. The standard InChI is InChI=1S/C20H22N2S/c21-13-15-4-5-16-6-9-22(14-18(16)12-15)10-7-17-2-1-3-20-19(17)8-11-23-20/h4-5,8,11-12,17H,1-3,6-7,9-10,14H2. The van der Waals surface area contributed by atoms with Gasteiger partial charge in [-0.15, -0.1) is 11.3 Å². The van der Waals surface area contributed by atoms with E-state index < -0.39 is 0 Å². The Morgan fingerprint density at radius 2 is 2.17 bits per heavy atom. The Morgan fingerprint density at radius 3 is 3.09 bits per heavy atom. The Hall–Kier alpha value is -1.63. The summed E-state index contributed by atoms with van der Waals surface area (Å²) in [5, 5.41) is 11.4. The molecule has 1 aliphatic heterocycles. The van der Waals surface area contributed by atoms with Crippen LogP contribution in [-0.2, 0) is 19.4 Å². The lowest BCUT2D eigenvalue weighted by molar-refractivity contribution is 0.241. The third-order valence-corrected chi connectivity index (χ3v) is 6.39. The second-order valence-electron chi connectivity index (χ2n) is 6.80. The number of fused-ring (bicyclic) bond motifs is 2. The molecule has 0 saturated carbocycles. The number of hydrogen-bond acceptors (Lipinski definition) is 3. The van der Waals surface area contributed by atoms with Crippen molar-refractivity contribution in [3.8, 4) is 6.07 Å². The van der Waals surface area contributed by atoms with E-state index in [0.717, 1.165) is 31.0 Å².